The lowest BCUT2D eigenvalue weighted by atomic mass is 10.0. The first-order valence-electron chi connectivity index (χ1n) is 6.32. The third-order valence-electron chi connectivity index (χ3n) is 2.74. The van der Waals surface area contributed by atoms with Crippen LogP contribution in [-0.4, -0.2) is 12.4 Å². The second-order valence-corrected chi connectivity index (χ2v) is 4.73. The highest BCUT2D eigenvalue weighted by atomic mass is 16.5. The molecule has 0 amide bonds. The second-order valence-electron chi connectivity index (χ2n) is 4.73. The second kappa shape index (κ2) is 7.10. The van der Waals surface area contributed by atoms with Gasteiger partial charge in [0.1, 0.15) is 11.5 Å². The van der Waals surface area contributed by atoms with E-state index in [1.807, 2.05) is 12.1 Å². The van der Waals surface area contributed by atoms with E-state index < -0.39 is 0 Å². The van der Waals surface area contributed by atoms with Gasteiger partial charge in [-0.15, -0.1) is 0 Å². The molecule has 0 aliphatic rings. The number of carbonyl (C=O) groups excluding carboxylic acids is 1. The largest absolute Gasteiger partial charge is 0.494 e. The van der Waals surface area contributed by atoms with Gasteiger partial charge in [-0.05, 0) is 43.4 Å². The Morgan fingerprint density at radius 1 is 1.18 bits per heavy atom. The van der Waals surface area contributed by atoms with E-state index in [1.54, 1.807) is 6.92 Å². The highest BCUT2D eigenvalue weighted by Gasteiger charge is 1.99. The fourth-order valence-corrected chi connectivity index (χ4v) is 1.61. The van der Waals surface area contributed by atoms with Gasteiger partial charge in [0.2, 0.25) is 0 Å². The quantitative estimate of drug-likeness (QED) is 0.668. The number of benzene rings is 1. The van der Waals surface area contributed by atoms with Crippen molar-refractivity contribution in [1.82, 2.24) is 0 Å². The van der Waals surface area contributed by atoms with Gasteiger partial charge in [-0.25, -0.2) is 0 Å². The summed E-state index contributed by atoms with van der Waals surface area (Å²) in [5.74, 6) is 1.73. The molecule has 17 heavy (non-hydrogen) atoms. The minimum absolute atomic E-state index is 0.256. The average molecular weight is 234 g/mol. The minimum atomic E-state index is 0.256. The van der Waals surface area contributed by atoms with Crippen molar-refractivity contribution >= 4 is 5.78 Å². The molecule has 0 aliphatic carbocycles. The van der Waals surface area contributed by atoms with Gasteiger partial charge in [-0.3, -0.25) is 0 Å². The van der Waals surface area contributed by atoms with Gasteiger partial charge in [-0.2, -0.15) is 0 Å². The lowest BCUT2D eigenvalue weighted by Gasteiger charge is -2.08. The molecule has 1 rings (SSSR count). The van der Waals surface area contributed by atoms with Crippen LogP contribution in [0.2, 0.25) is 0 Å². The fraction of sp³-hybridized carbons (Fsp3) is 0.533. The van der Waals surface area contributed by atoms with E-state index in [1.165, 1.54) is 5.56 Å². The van der Waals surface area contributed by atoms with Gasteiger partial charge < -0.3 is 9.53 Å². The van der Waals surface area contributed by atoms with E-state index in [4.69, 9.17) is 4.74 Å². The summed E-state index contributed by atoms with van der Waals surface area (Å²) >= 11 is 0. The van der Waals surface area contributed by atoms with Crippen LogP contribution < -0.4 is 4.74 Å². The molecule has 0 bridgehead atoms. The van der Waals surface area contributed by atoms with Crippen LogP contribution in [0, 0.1) is 0 Å². The van der Waals surface area contributed by atoms with Gasteiger partial charge in [0.15, 0.2) is 0 Å². The molecule has 0 heterocycles. The normalized spacial score (nSPS) is 10.6. The Morgan fingerprint density at radius 3 is 2.35 bits per heavy atom. The number of carbonyl (C=O) groups is 1. The highest BCUT2D eigenvalue weighted by Crippen LogP contribution is 2.18. The lowest BCUT2D eigenvalue weighted by Crippen LogP contribution is -1.99. The van der Waals surface area contributed by atoms with Gasteiger partial charge >= 0.3 is 0 Å². The molecule has 0 N–H and O–H groups in total. The highest BCUT2D eigenvalue weighted by molar-refractivity contribution is 5.75. The van der Waals surface area contributed by atoms with Gasteiger partial charge in [-0.1, -0.05) is 26.0 Å². The van der Waals surface area contributed by atoms with E-state index >= 15 is 0 Å². The summed E-state index contributed by atoms with van der Waals surface area (Å²) < 4.78 is 5.61. The van der Waals surface area contributed by atoms with Crippen LogP contribution in [0.15, 0.2) is 24.3 Å². The molecule has 2 heteroatoms. The Balaban J connectivity index is 2.25. The minimum Gasteiger partial charge on any atom is -0.494 e. The maximum atomic E-state index is 10.7. The van der Waals surface area contributed by atoms with Crippen LogP contribution in [0.5, 0.6) is 5.75 Å². The molecule has 1 aromatic rings. The standard InChI is InChI=1S/C15H22O2/c1-12(2)14-7-9-15(10-8-14)17-11-5-4-6-13(3)16/h7-10,12H,4-6,11H2,1-3H3. The van der Waals surface area contributed by atoms with Crippen LogP contribution in [0.4, 0.5) is 0 Å². The van der Waals surface area contributed by atoms with Crippen LogP contribution in [0.25, 0.3) is 0 Å². The predicted octanol–water partition coefficient (Wildman–Crippen LogP) is 3.95. The molecule has 0 aliphatic heterocycles. The van der Waals surface area contributed by atoms with Crippen molar-refractivity contribution < 1.29 is 9.53 Å². The first kappa shape index (κ1) is 13.8. The molecule has 0 spiro atoms. The molecule has 2 nitrogen and oxygen atoms in total. The Bertz CT molecular complexity index is 338. The SMILES string of the molecule is CC(=O)CCCCOc1ccc(C(C)C)cc1. The lowest BCUT2D eigenvalue weighted by molar-refractivity contribution is -0.117. The van der Waals surface area contributed by atoms with Crippen LogP contribution in [0.1, 0.15) is 51.5 Å². The summed E-state index contributed by atoms with van der Waals surface area (Å²) in [6.07, 6.45) is 2.51. The molecular formula is C15H22O2. The molecule has 0 fully saturated rings. The molecule has 0 aromatic heterocycles. The number of Topliss-reactive ketones (excluding diaryl/α,β-unsaturated/α-hetero) is 1. The Kier molecular flexibility index (Phi) is 5.75. The topological polar surface area (TPSA) is 26.3 Å². The zero-order chi connectivity index (χ0) is 12.7. The first-order chi connectivity index (χ1) is 8.09. The Labute approximate surface area is 104 Å². The number of hydrogen-bond donors (Lipinski definition) is 0. The van der Waals surface area contributed by atoms with Gasteiger partial charge in [0.05, 0.1) is 6.61 Å². The summed E-state index contributed by atoms with van der Waals surface area (Å²) in [5, 5.41) is 0. The van der Waals surface area contributed by atoms with Crippen molar-refractivity contribution in [3.05, 3.63) is 29.8 Å². The van der Waals surface area contributed by atoms with Crippen LogP contribution in [0.3, 0.4) is 0 Å². The number of unbranched alkanes of at least 4 members (excludes halogenated alkanes) is 1. The third-order valence-corrected chi connectivity index (χ3v) is 2.74. The van der Waals surface area contributed by atoms with Crippen LogP contribution in [-0.2, 0) is 4.79 Å². The molecule has 0 atom stereocenters. The Morgan fingerprint density at radius 2 is 1.82 bits per heavy atom. The van der Waals surface area contributed by atoms with Crippen LogP contribution >= 0.6 is 0 Å². The van der Waals surface area contributed by atoms with Crippen molar-refractivity contribution in [1.29, 1.82) is 0 Å². The zero-order valence-corrected chi connectivity index (χ0v) is 11.0. The molecule has 1 aromatic carbocycles. The summed E-state index contributed by atoms with van der Waals surface area (Å²) in [7, 11) is 0. The van der Waals surface area contributed by atoms with Crippen molar-refractivity contribution in [2.75, 3.05) is 6.61 Å². The van der Waals surface area contributed by atoms with Crippen molar-refractivity contribution in [2.24, 2.45) is 0 Å². The van der Waals surface area contributed by atoms with Crippen molar-refractivity contribution in [2.45, 2.75) is 46.0 Å². The molecule has 0 saturated heterocycles. The number of rotatable bonds is 7. The van der Waals surface area contributed by atoms with Gasteiger partial charge in [0.25, 0.3) is 0 Å². The van der Waals surface area contributed by atoms with E-state index in [-0.39, 0.29) is 5.78 Å². The predicted molar refractivity (Wildman–Crippen MR) is 70.6 cm³/mol. The maximum absolute atomic E-state index is 10.7. The third kappa shape index (κ3) is 5.53. The average Bonchev–Trinajstić information content (AvgIpc) is 2.29. The van der Waals surface area contributed by atoms with Gasteiger partial charge in [0, 0.05) is 6.42 Å². The fourth-order valence-electron chi connectivity index (χ4n) is 1.61. The molecule has 0 unspecified atom stereocenters. The molecule has 0 saturated carbocycles. The maximum Gasteiger partial charge on any atom is 0.129 e. The molecule has 0 radical (unpaired) electrons. The Hall–Kier alpha value is -1.31. The summed E-state index contributed by atoms with van der Waals surface area (Å²) in [6.45, 7) is 6.68. The van der Waals surface area contributed by atoms with E-state index in [9.17, 15) is 4.79 Å². The molecule has 94 valence electrons. The smallest absolute Gasteiger partial charge is 0.129 e. The van der Waals surface area contributed by atoms with E-state index in [2.05, 4.69) is 26.0 Å². The number of ether oxygens (including phenoxy) is 1. The number of hydrogen-bond acceptors (Lipinski definition) is 2. The summed E-state index contributed by atoms with van der Waals surface area (Å²) in [5.41, 5.74) is 1.33. The van der Waals surface area contributed by atoms with E-state index in [0.29, 0.717) is 18.9 Å². The monoisotopic (exact) mass is 234 g/mol. The van der Waals surface area contributed by atoms with E-state index in [0.717, 1.165) is 18.6 Å². The van der Waals surface area contributed by atoms with Crippen molar-refractivity contribution in [3.8, 4) is 5.75 Å². The zero-order valence-electron chi connectivity index (χ0n) is 11.0. The summed E-state index contributed by atoms with van der Waals surface area (Å²) in [4.78, 5) is 10.7. The summed E-state index contributed by atoms with van der Waals surface area (Å²) in [6, 6.07) is 8.24. The first-order valence-corrected chi connectivity index (χ1v) is 6.32. The molecular weight excluding hydrogens is 212 g/mol. The van der Waals surface area contributed by atoms with Crippen molar-refractivity contribution in [3.63, 3.8) is 0 Å². The number of ketones is 1.